The third-order valence-electron chi connectivity index (χ3n) is 16.4. The Morgan fingerprint density at radius 2 is 0.500 bits per heavy atom. The van der Waals surface area contributed by atoms with Crippen molar-refractivity contribution in [2.24, 2.45) is 0 Å². The number of benzene rings is 5. The Morgan fingerprint density at radius 3 is 0.663 bits per heavy atom. The molecule has 0 bridgehead atoms. The van der Waals surface area contributed by atoms with E-state index < -0.39 is 0 Å². The summed E-state index contributed by atoms with van der Waals surface area (Å²) in [6.07, 6.45) is 3.59. The first kappa shape index (κ1) is 86.4. The van der Waals surface area contributed by atoms with Crippen molar-refractivity contribution in [2.45, 2.75) is 263 Å². The first-order chi connectivity index (χ1) is 40.1. The molecule has 12 heteroatoms. The van der Waals surface area contributed by atoms with Gasteiger partial charge < -0.3 is 20.4 Å². The fourth-order valence-electron chi connectivity index (χ4n) is 10.6. The van der Waals surface area contributed by atoms with Gasteiger partial charge in [0.25, 0.3) is 0 Å². The number of aryl methyl sites for hydroxylation is 2. The molecule has 0 aliphatic carbocycles. The van der Waals surface area contributed by atoms with Gasteiger partial charge >= 0.3 is 81.7 Å². The van der Waals surface area contributed by atoms with Crippen LogP contribution in [0.15, 0.2) is 122 Å². The number of aromatic nitrogens is 2. The van der Waals surface area contributed by atoms with Gasteiger partial charge in [0.05, 0.1) is 11.4 Å². The maximum absolute atomic E-state index is 13.9. The number of hydrogen-bond acceptors (Lipinski definition) is 8. The SMILES string of the molecule is CC(C)(C)c1cc(CN(Cc2ccccn2)Cc2cc(C(C)(C)C)cc(C(C)(C)C)c2[O-])c([O-])c(C(C)(C)C)c1.CC(C)(C)c1cc(CN(Cc2ccccn2)Cc2cc(C(C)(C)C)cc(C(C)(C)C)c2[O-])c([O-])c(C(C)(C)C)c1.Cc1ccc(C)cc1.[BH4-].[BH4-].[Nd+3].[Nd+3]. The minimum absolute atomic E-state index is 0. The quantitative estimate of drug-likeness (QED) is 0.111. The Labute approximate surface area is 628 Å². The summed E-state index contributed by atoms with van der Waals surface area (Å²) in [5.74, 6) is 0.362. The topological polar surface area (TPSA) is 124 Å². The van der Waals surface area contributed by atoms with Crippen molar-refractivity contribution in [1.29, 1.82) is 0 Å². The third kappa shape index (κ3) is 25.1. The van der Waals surface area contributed by atoms with Crippen LogP contribution in [-0.2, 0) is 82.6 Å². The van der Waals surface area contributed by atoms with E-state index in [4.69, 9.17) is 0 Å². The van der Waals surface area contributed by atoms with E-state index in [2.05, 4.69) is 273 Å². The normalized spacial score (nSPS) is 12.3. The Morgan fingerprint density at radius 1 is 0.293 bits per heavy atom. The summed E-state index contributed by atoms with van der Waals surface area (Å²) >= 11 is 0. The zero-order chi connectivity index (χ0) is 66.5. The fraction of sp³-hybridized carbons (Fsp3) is 0.500. The summed E-state index contributed by atoms with van der Waals surface area (Å²) in [6, 6.07) is 36.9. The molecule has 0 N–H and O–H groups in total. The molecule has 2 aromatic heterocycles. The molecular weight excluding hydrogens is 1390 g/mol. The minimum atomic E-state index is -0.274. The molecule has 0 saturated carbocycles. The van der Waals surface area contributed by atoms with Gasteiger partial charge in [-0.1, -0.05) is 279 Å². The van der Waals surface area contributed by atoms with E-state index in [1.54, 1.807) is 12.4 Å². The van der Waals surface area contributed by atoms with Crippen molar-refractivity contribution in [1.82, 2.24) is 19.8 Å². The van der Waals surface area contributed by atoms with Gasteiger partial charge in [-0.25, -0.2) is 0 Å². The summed E-state index contributed by atoms with van der Waals surface area (Å²) in [5.41, 5.74) is 14.0. The largest absolute Gasteiger partial charge is 3.00 e. The molecule has 0 unspecified atom stereocenters. The molecule has 0 aliphatic heterocycles. The Balaban J connectivity index is 0.000000787. The third-order valence-corrected chi connectivity index (χ3v) is 16.4. The molecule has 7 rings (SSSR count). The zero-order valence-electron chi connectivity index (χ0n) is 60.2. The van der Waals surface area contributed by atoms with Gasteiger partial charge in [-0.3, -0.25) is 19.8 Å². The van der Waals surface area contributed by atoms with Crippen LogP contribution in [0, 0.1) is 95.5 Å². The van der Waals surface area contributed by atoms with Gasteiger partial charge in [-0.2, -0.15) is 0 Å². The van der Waals surface area contributed by atoms with Crippen LogP contribution < -0.4 is 20.4 Å². The first-order valence-corrected chi connectivity index (χ1v) is 31.8. The van der Waals surface area contributed by atoms with Crippen molar-refractivity contribution in [3.05, 3.63) is 211 Å². The Bertz CT molecular complexity index is 3050. The molecule has 0 fully saturated rings. The summed E-state index contributed by atoms with van der Waals surface area (Å²) in [6.45, 7) is 58.4. The van der Waals surface area contributed by atoms with E-state index >= 15 is 0 Å². The van der Waals surface area contributed by atoms with E-state index in [-0.39, 0.29) is 165 Å². The molecule has 0 atom stereocenters. The van der Waals surface area contributed by atoms with Crippen LogP contribution in [0.3, 0.4) is 0 Å². The number of hydrogen-bond donors (Lipinski definition) is 0. The van der Waals surface area contributed by atoms with E-state index in [0.29, 0.717) is 39.3 Å². The van der Waals surface area contributed by atoms with Crippen molar-refractivity contribution >= 4 is 16.8 Å². The predicted molar refractivity (Wildman–Crippen MR) is 386 cm³/mol. The van der Waals surface area contributed by atoms with E-state index in [0.717, 1.165) is 78.1 Å². The molecule has 2 radical (unpaired) electrons. The second-order valence-electron chi connectivity index (χ2n) is 33.1. The Kier molecular flexibility index (Phi) is 31.9. The average Bonchev–Trinajstić information content (AvgIpc) is 0.820. The molecule has 0 saturated heterocycles. The van der Waals surface area contributed by atoms with E-state index in [1.807, 2.05) is 36.4 Å². The van der Waals surface area contributed by atoms with Gasteiger partial charge in [0.1, 0.15) is 0 Å². The first-order valence-electron chi connectivity index (χ1n) is 31.8. The van der Waals surface area contributed by atoms with Crippen molar-refractivity contribution in [3.63, 3.8) is 0 Å². The van der Waals surface area contributed by atoms with E-state index in [9.17, 15) is 20.4 Å². The second kappa shape index (κ2) is 34.0. The summed E-state index contributed by atoms with van der Waals surface area (Å²) in [5, 5.41) is 55.5. The molecule has 5 aromatic carbocycles. The van der Waals surface area contributed by atoms with Crippen molar-refractivity contribution in [2.75, 3.05) is 0 Å². The number of pyridine rings is 2. The molecular formula is C80H118B2N4Nd2O4. The van der Waals surface area contributed by atoms with Gasteiger partial charge in [0.2, 0.25) is 0 Å². The molecule has 2 heterocycles. The molecule has 0 aliphatic rings. The molecule has 0 amide bonds. The molecule has 7 aromatic rings. The molecule has 0 spiro atoms. The van der Waals surface area contributed by atoms with Crippen LogP contribution in [-0.4, -0.2) is 36.6 Å². The standard InChI is InChI=1S/2C36H52N2O2.C8H10.2BH4.2Nd/c2*1-33(2,3)26-17-24(31(39)29(19-26)35(7,8)9)21-38(23-28-15-13-14-16-37-28)22-25-18-27(34(4,5)6)20-30(32(25)40)36(10,11)12;1-7-3-5-8(2)6-4-7;;;;/h2*13-20,39-40H,21-23H2,1-12H3;3-6H,1-2H3;2*1H4;;/q;;;2*-1;2*+3/p-4. The van der Waals surface area contributed by atoms with Crippen molar-refractivity contribution in [3.8, 4) is 23.0 Å². The minimum Gasteiger partial charge on any atom is -0.872 e. The Hall–Kier alpha value is -3.65. The van der Waals surface area contributed by atoms with Crippen LogP contribution in [0.4, 0.5) is 0 Å². The van der Waals surface area contributed by atoms with Gasteiger partial charge in [0.15, 0.2) is 0 Å². The second-order valence-corrected chi connectivity index (χ2v) is 33.1. The van der Waals surface area contributed by atoms with Crippen LogP contribution in [0.25, 0.3) is 0 Å². The smallest absolute Gasteiger partial charge is 0.872 e. The maximum atomic E-state index is 13.9. The molecule has 496 valence electrons. The van der Waals surface area contributed by atoms with Crippen LogP contribution in [0.2, 0.25) is 0 Å². The zero-order valence-corrected chi connectivity index (χ0v) is 66.6. The van der Waals surface area contributed by atoms with Crippen molar-refractivity contribution < 1.29 is 102 Å². The monoisotopic (exact) mass is 1500 g/mol. The van der Waals surface area contributed by atoms with Crippen LogP contribution >= 0.6 is 0 Å². The van der Waals surface area contributed by atoms with Gasteiger partial charge in [0, 0.05) is 51.7 Å². The maximum Gasteiger partial charge on any atom is 3.00 e. The van der Waals surface area contributed by atoms with Gasteiger partial charge in [-0.05, 0) is 148 Å². The number of rotatable bonds is 12. The van der Waals surface area contributed by atoms with E-state index in [1.165, 1.54) is 11.1 Å². The summed E-state index contributed by atoms with van der Waals surface area (Å²) in [7, 11) is 0. The number of nitrogens with zero attached hydrogens (tertiary/aromatic N) is 4. The molecule has 8 nitrogen and oxygen atoms in total. The van der Waals surface area contributed by atoms with Crippen LogP contribution in [0.1, 0.15) is 255 Å². The predicted octanol–water partition coefficient (Wildman–Crippen LogP) is 14.6. The van der Waals surface area contributed by atoms with Crippen LogP contribution in [0.5, 0.6) is 23.0 Å². The summed E-state index contributed by atoms with van der Waals surface area (Å²) < 4.78 is 0. The fourth-order valence-corrected chi connectivity index (χ4v) is 10.6. The average molecular weight is 1510 g/mol. The molecule has 92 heavy (non-hydrogen) atoms. The summed E-state index contributed by atoms with van der Waals surface area (Å²) in [4.78, 5) is 13.6. The van der Waals surface area contributed by atoms with Gasteiger partial charge in [-0.15, -0.1) is 23.0 Å².